The molecule has 0 spiro atoms. The Balaban J connectivity index is 2.31. The van der Waals surface area contributed by atoms with E-state index in [0.717, 1.165) is 6.26 Å². The maximum Gasteiger partial charge on any atom is 0.339 e. The van der Waals surface area contributed by atoms with E-state index >= 15 is 0 Å². The summed E-state index contributed by atoms with van der Waals surface area (Å²) in [5.74, 6) is -1.53. The predicted molar refractivity (Wildman–Crippen MR) is 99.2 cm³/mol. The lowest BCUT2D eigenvalue weighted by atomic mass is 10.0. The summed E-state index contributed by atoms with van der Waals surface area (Å²) in [4.78, 5) is 36.4. The van der Waals surface area contributed by atoms with Crippen molar-refractivity contribution in [3.8, 4) is 0 Å². The van der Waals surface area contributed by atoms with Crippen molar-refractivity contribution in [2.24, 2.45) is 0 Å². The number of hydrogen-bond donors (Lipinski definition) is 2. The molecule has 0 unspecified atom stereocenters. The standard InChI is InChI=1S/C18H22N2O7S/c1-4-12-15(17(22)26-5-2)13(20-18(23)19-12)10-27-16(21)11-8-6-7-9-14(11)28(3,24)25/h6-9,12H,4-5,10H2,1-3H3,(H2,19,20,23)/t12-/m1/s1. The zero-order chi connectivity index (χ0) is 20.9. The Morgan fingerprint density at radius 3 is 2.39 bits per heavy atom. The number of hydrogen-bond acceptors (Lipinski definition) is 7. The van der Waals surface area contributed by atoms with Crippen molar-refractivity contribution in [2.75, 3.05) is 19.5 Å². The number of nitrogens with one attached hydrogen (secondary N) is 2. The van der Waals surface area contributed by atoms with Gasteiger partial charge in [0.15, 0.2) is 9.84 Å². The highest BCUT2D eigenvalue weighted by molar-refractivity contribution is 7.90. The van der Waals surface area contributed by atoms with Gasteiger partial charge in [-0.1, -0.05) is 19.1 Å². The number of rotatable bonds is 7. The highest BCUT2D eigenvalue weighted by Gasteiger charge is 2.32. The number of amides is 2. The van der Waals surface area contributed by atoms with Gasteiger partial charge in [-0.05, 0) is 25.5 Å². The van der Waals surface area contributed by atoms with Crippen molar-refractivity contribution < 1.29 is 32.3 Å². The largest absolute Gasteiger partial charge is 0.463 e. The Kier molecular flexibility index (Phi) is 6.79. The van der Waals surface area contributed by atoms with Crippen LogP contribution in [0.2, 0.25) is 0 Å². The summed E-state index contributed by atoms with van der Waals surface area (Å²) in [5, 5.41) is 5.06. The first-order valence-corrected chi connectivity index (χ1v) is 10.5. The summed E-state index contributed by atoms with van der Waals surface area (Å²) in [5.41, 5.74) is 0.128. The first-order valence-electron chi connectivity index (χ1n) is 8.62. The van der Waals surface area contributed by atoms with Crippen LogP contribution in [0.5, 0.6) is 0 Å². The maximum absolute atomic E-state index is 12.4. The van der Waals surface area contributed by atoms with E-state index in [-0.39, 0.29) is 28.3 Å². The molecule has 1 aliphatic heterocycles. The molecule has 0 radical (unpaired) electrons. The van der Waals surface area contributed by atoms with Gasteiger partial charge in [0, 0.05) is 6.26 Å². The second-order valence-electron chi connectivity index (χ2n) is 6.02. The molecule has 9 nitrogen and oxygen atoms in total. The van der Waals surface area contributed by atoms with Crippen LogP contribution in [0.3, 0.4) is 0 Å². The van der Waals surface area contributed by atoms with Crippen LogP contribution in [0.4, 0.5) is 4.79 Å². The lowest BCUT2D eigenvalue weighted by Gasteiger charge is -2.28. The van der Waals surface area contributed by atoms with Crippen molar-refractivity contribution in [2.45, 2.75) is 31.2 Å². The SMILES string of the molecule is CCOC(=O)C1=C(COC(=O)c2ccccc2S(C)(=O)=O)NC(=O)N[C@@H]1CC. The zero-order valence-electron chi connectivity index (χ0n) is 15.8. The molecule has 0 aromatic heterocycles. The van der Waals surface area contributed by atoms with Gasteiger partial charge in [0.05, 0.1) is 34.4 Å². The predicted octanol–water partition coefficient (Wildman–Crippen LogP) is 1.16. The maximum atomic E-state index is 12.4. The highest BCUT2D eigenvalue weighted by atomic mass is 32.2. The molecule has 2 N–H and O–H groups in total. The number of ether oxygens (including phenoxy) is 2. The van der Waals surface area contributed by atoms with Crippen molar-refractivity contribution in [1.29, 1.82) is 0 Å². The third-order valence-corrected chi connectivity index (χ3v) is 5.16. The molecule has 10 heteroatoms. The lowest BCUT2D eigenvalue weighted by Crippen LogP contribution is -2.51. The van der Waals surface area contributed by atoms with Crippen LogP contribution >= 0.6 is 0 Å². The average molecular weight is 410 g/mol. The van der Waals surface area contributed by atoms with Gasteiger partial charge < -0.3 is 20.1 Å². The third kappa shape index (κ3) is 4.89. The van der Waals surface area contributed by atoms with E-state index in [4.69, 9.17) is 9.47 Å². The first kappa shape index (κ1) is 21.4. The summed E-state index contributed by atoms with van der Waals surface area (Å²) in [6.07, 6.45) is 1.41. The summed E-state index contributed by atoms with van der Waals surface area (Å²) in [6.45, 7) is 3.15. The van der Waals surface area contributed by atoms with E-state index < -0.39 is 40.5 Å². The van der Waals surface area contributed by atoms with Gasteiger partial charge in [-0.25, -0.2) is 22.8 Å². The Labute approximate surface area is 163 Å². The van der Waals surface area contributed by atoms with E-state index in [0.29, 0.717) is 6.42 Å². The number of carbonyl (C=O) groups excluding carboxylic acids is 3. The van der Waals surface area contributed by atoms with Crippen LogP contribution in [0, 0.1) is 0 Å². The van der Waals surface area contributed by atoms with Crippen molar-refractivity contribution >= 4 is 27.8 Å². The monoisotopic (exact) mass is 410 g/mol. The highest BCUT2D eigenvalue weighted by Crippen LogP contribution is 2.19. The minimum absolute atomic E-state index is 0.0965. The summed E-state index contributed by atoms with van der Waals surface area (Å²) >= 11 is 0. The molecule has 28 heavy (non-hydrogen) atoms. The van der Waals surface area contributed by atoms with E-state index in [1.807, 2.05) is 0 Å². The van der Waals surface area contributed by atoms with E-state index in [1.54, 1.807) is 13.8 Å². The molecule has 2 rings (SSSR count). The molecular weight excluding hydrogens is 388 g/mol. The van der Waals surface area contributed by atoms with E-state index in [2.05, 4.69) is 10.6 Å². The van der Waals surface area contributed by atoms with Crippen LogP contribution in [0.25, 0.3) is 0 Å². The Morgan fingerprint density at radius 1 is 1.11 bits per heavy atom. The number of sulfone groups is 1. The Bertz CT molecular complexity index is 922. The average Bonchev–Trinajstić information content (AvgIpc) is 2.64. The lowest BCUT2D eigenvalue weighted by molar-refractivity contribution is -0.139. The minimum Gasteiger partial charge on any atom is -0.463 e. The molecule has 1 atom stereocenters. The molecule has 0 saturated heterocycles. The fraction of sp³-hybridized carbons (Fsp3) is 0.389. The molecule has 152 valence electrons. The quantitative estimate of drug-likeness (QED) is 0.646. The molecule has 0 bridgehead atoms. The number of benzene rings is 1. The molecule has 1 aromatic carbocycles. The zero-order valence-corrected chi connectivity index (χ0v) is 16.6. The Hall–Kier alpha value is -2.88. The molecule has 1 heterocycles. The molecular formula is C18H22N2O7S. The van der Waals surface area contributed by atoms with Gasteiger partial charge in [-0.3, -0.25) is 0 Å². The molecule has 0 aliphatic carbocycles. The second-order valence-corrected chi connectivity index (χ2v) is 8.00. The summed E-state index contributed by atoms with van der Waals surface area (Å²) in [7, 11) is -3.64. The Morgan fingerprint density at radius 2 is 1.79 bits per heavy atom. The van der Waals surface area contributed by atoms with Gasteiger partial charge in [0.2, 0.25) is 0 Å². The van der Waals surface area contributed by atoms with Crippen LogP contribution in [0.15, 0.2) is 40.4 Å². The molecule has 2 amide bonds. The normalized spacial score (nSPS) is 16.8. The second kappa shape index (κ2) is 8.87. The smallest absolute Gasteiger partial charge is 0.339 e. The van der Waals surface area contributed by atoms with Crippen molar-refractivity contribution in [1.82, 2.24) is 10.6 Å². The number of carbonyl (C=O) groups is 3. The van der Waals surface area contributed by atoms with Crippen LogP contribution in [-0.2, 0) is 24.1 Å². The fourth-order valence-electron chi connectivity index (χ4n) is 2.75. The van der Waals surface area contributed by atoms with Gasteiger partial charge in [-0.15, -0.1) is 0 Å². The van der Waals surface area contributed by atoms with Crippen LogP contribution in [-0.4, -0.2) is 51.9 Å². The fourth-order valence-corrected chi connectivity index (χ4v) is 3.63. The number of esters is 2. The molecule has 1 aromatic rings. The van der Waals surface area contributed by atoms with E-state index in [1.165, 1.54) is 24.3 Å². The minimum atomic E-state index is -3.64. The topological polar surface area (TPSA) is 128 Å². The molecule has 0 fully saturated rings. The van der Waals surface area contributed by atoms with Crippen molar-refractivity contribution in [3.05, 3.63) is 41.1 Å². The third-order valence-electron chi connectivity index (χ3n) is 4.00. The van der Waals surface area contributed by atoms with Crippen LogP contribution < -0.4 is 10.6 Å². The molecule has 1 aliphatic rings. The molecule has 0 saturated carbocycles. The van der Waals surface area contributed by atoms with Crippen LogP contribution in [0.1, 0.15) is 30.6 Å². The van der Waals surface area contributed by atoms with Gasteiger partial charge >= 0.3 is 18.0 Å². The van der Waals surface area contributed by atoms with Gasteiger partial charge in [-0.2, -0.15) is 0 Å². The number of urea groups is 1. The van der Waals surface area contributed by atoms with E-state index in [9.17, 15) is 22.8 Å². The summed E-state index contributed by atoms with van der Waals surface area (Å²) in [6, 6.07) is 4.50. The van der Waals surface area contributed by atoms with Gasteiger partial charge in [0.25, 0.3) is 0 Å². The first-order chi connectivity index (χ1) is 13.2. The summed E-state index contributed by atoms with van der Waals surface area (Å²) < 4.78 is 33.9. The van der Waals surface area contributed by atoms with Crippen molar-refractivity contribution in [3.63, 3.8) is 0 Å². The van der Waals surface area contributed by atoms with Gasteiger partial charge in [0.1, 0.15) is 6.61 Å².